The number of fused-ring (bicyclic) bond motifs is 1. The van der Waals surface area contributed by atoms with Gasteiger partial charge in [0.2, 0.25) is 5.88 Å². The first-order chi connectivity index (χ1) is 16.2. The first-order valence-electron chi connectivity index (χ1n) is 11.9. The standard InChI is InChI=1S/C26H33F2N5O/c1-6-33-12-10-18(11-13-33)20-14-21-23(29-15-30-24(21)32-25(20)34-5)31-17(3)19-8-7-9-22(16(19)2)26(4,27)28/h7-9,14-15,17-18H,6,10-13H2,1-5H3,(H,29,30,31,32)/t17-/m1/s1. The number of aromatic nitrogens is 3. The summed E-state index contributed by atoms with van der Waals surface area (Å²) in [6.45, 7) is 9.97. The van der Waals surface area contributed by atoms with E-state index >= 15 is 0 Å². The molecule has 0 bridgehead atoms. The maximum atomic E-state index is 14.1. The normalized spacial score (nSPS) is 16.6. The Bertz CT molecular complexity index is 1160. The van der Waals surface area contributed by atoms with Crippen molar-refractivity contribution < 1.29 is 13.5 Å². The highest BCUT2D eigenvalue weighted by Gasteiger charge is 2.28. The number of alkyl halides is 2. The maximum Gasteiger partial charge on any atom is 0.270 e. The number of piperidine rings is 1. The summed E-state index contributed by atoms with van der Waals surface area (Å²) in [6, 6.07) is 6.89. The molecular formula is C26H33F2N5O. The number of benzene rings is 1. The highest BCUT2D eigenvalue weighted by molar-refractivity contribution is 5.87. The van der Waals surface area contributed by atoms with Crippen LogP contribution in [-0.2, 0) is 5.92 Å². The monoisotopic (exact) mass is 469 g/mol. The summed E-state index contributed by atoms with van der Waals surface area (Å²) in [5.74, 6) is -1.31. The van der Waals surface area contributed by atoms with E-state index in [-0.39, 0.29) is 11.6 Å². The number of hydrogen-bond donors (Lipinski definition) is 1. The van der Waals surface area contributed by atoms with Crippen LogP contribution in [0, 0.1) is 6.92 Å². The number of methoxy groups -OCH3 is 1. The summed E-state index contributed by atoms with van der Waals surface area (Å²) in [5, 5.41) is 4.22. The Balaban J connectivity index is 1.69. The van der Waals surface area contributed by atoms with Gasteiger partial charge in [0.15, 0.2) is 5.65 Å². The van der Waals surface area contributed by atoms with Crippen LogP contribution >= 0.6 is 0 Å². The third-order valence-corrected chi connectivity index (χ3v) is 6.95. The van der Waals surface area contributed by atoms with E-state index in [9.17, 15) is 8.78 Å². The van der Waals surface area contributed by atoms with Gasteiger partial charge in [-0.3, -0.25) is 0 Å². The minimum absolute atomic E-state index is 0.0401. The lowest BCUT2D eigenvalue weighted by Crippen LogP contribution is -2.32. The van der Waals surface area contributed by atoms with Crippen molar-refractivity contribution in [2.24, 2.45) is 0 Å². The minimum atomic E-state index is -2.90. The molecule has 1 saturated heterocycles. The van der Waals surface area contributed by atoms with E-state index in [1.165, 1.54) is 12.4 Å². The molecule has 1 aliphatic rings. The largest absolute Gasteiger partial charge is 0.481 e. The van der Waals surface area contributed by atoms with Gasteiger partial charge in [-0.1, -0.05) is 25.1 Å². The number of nitrogens with zero attached hydrogens (tertiary/aromatic N) is 4. The summed E-state index contributed by atoms with van der Waals surface area (Å²) in [4.78, 5) is 16.0. The Morgan fingerprint density at radius 2 is 1.97 bits per heavy atom. The zero-order chi connectivity index (χ0) is 24.5. The highest BCUT2D eigenvalue weighted by Crippen LogP contribution is 2.37. The zero-order valence-electron chi connectivity index (χ0n) is 20.5. The number of rotatable bonds is 7. The summed E-state index contributed by atoms with van der Waals surface area (Å²) in [7, 11) is 1.64. The van der Waals surface area contributed by atoms with Crippen molar-refractivity contribution >= 4 is 16.9 Å². The second-order valence-corrected chi connectivity index (χ2v) is 9.16. The van der Waals surface area contributed by atoms with Crippen LogP contribution in [-0.4, -0.2) is 46.6 Å². The number of nitrogens with one attached hydrogen (secondary N) is 1. The third-order valence-electron chi connectivity index (χ3n) is 6.95. The van der Waals surface area contributed by atoms with E-state index in [0.717, 1.165) is 55.9 Å². The van der Waals surface area contributed by atoms with Crippen LogP contribution in [0.2, 0.25) is 0 Å². The number of halogens is 2. The van der Waals surface area contributed by atoms with Gasteiger partial charge in [0.25, 0.3) is 5.92 Å². The Morgan fingerprint density at radius 1 is 1.24 bits per heavy atom. The van der Waals surface area contributed by atoms with Gasteiger partial charge in [0, 0.05) is 18.1 Å². The van der Waals surface area contributed by atoms with E-state index in [1.54, 1.807) is 20.1 Å². The van der Waals surface area contributed by atoms with E-state index in [1.807, 2.05) is 13.0 Å². The SMILES string of the molecule is CCN1CCC(c2cc3c(N[C@H](C)c4cccc(C(C)(F)F)c4C)ncnc3nc2OC)CC1. The zero-order valence-corrected chi connectivity index (χ0v) is 20.5. The topological polar surface area (TPSA) is 63.2 Å². The molecule has 8 heteroatoms. The van der Waals surface area contributed by atoms with Crippen molar-refractivity contribution in [2.75, 3.05) is 32.1 Å². The third kappa shape index (κ3) is 4.82. The number of hydrogen-bond acceptors (Lipinski definition) is 6. The molecule has 3 heterocycles. The van der Waals surface area contributed by atoms with Crippen LogP contribution in [0.25, 0.3) is 11.0 Å². The van der Waals surface area contributed by atoms with E-state index < -0.39 is 5.92 Å². The molecule has 0 spiro atoms. The molecule has 0 unspecified atom stereocenters. The Labute approximate surface area is 199 Å². The molecule has 0 saturated carbocycles. The average Bonchev–Trinajstić information content (AvgIpc) is 2.82. The van der Waals surface area contributed by atoms with Crippen molar-refractivity contribution in [1.29, 1.82) is 0 Å². The molecule has 4 rings (SSSR count). The van der Waals surface area contributed by atoms with E-state index in [0.29, 0.717) is 28.8 Å². The summed E-state index contributed by atoms with van der Waals surface area (Å²) in [5.41, 5.74) is 3.04. The molecule has 182 valence electrons. The number of likely N-dealkylation sites (tertiary alicyclic amines) is 1. The molecule has 3 aromatic rings. The molecule has 6 nitrogen and oxygen atoms in total. The first kappa shape index (κ1) is 24.3. The average molecular weight is 470 g/mol. The summed E-state index contributed by atoms with van der Waals surface area (Å²) >= 11 is 0. The van der Waals surface area contributed by atoms with Crippen LogP contribution in [0.15, 0.2) is 30.6 Å². The molecule has 34 heavy (non-hydrogen) atoms. The fourth-order valence-electron chi connectivity index (χ4n) is 5.00. The smallest absolute Gasteiger partial charge is 0.270 e. The summed E-state index contributed by atoms with van der Waals surface area (Å²) < 4.78 is 33.8. The van der Waals surface area contributed by atoms with Crippen molar-refractivity contribution in [3.05, 3.63) is 52.8 Å². The van der Waals surface area contributed by atoms with Crippen LogP contribution in [0.3, 0.4) is 0 Å². The first-order valence-corrected chi connectivity index (χ1v) is 11.9. The van der Waals surface area contributed by atoms with Crippen LogP contribution in [0.5, 0.6) is 5.88 Å². The van der Waals surface area contributed by atoms with Gasteiger partial charge < -0.3 is 15.0 Å². The Hall–Kier alpha value is -2.87. The number of anilines is 1. The molecule has 1 aromatic carbocycles. The maximum absolute atomic E-state index is 14.1. The van der Waals surface area contributed by atoms with Gasteiger partial charge in [0.05, 0.1) is 18.5 Å². The lowest BCUT2D eigenvalue weighted by Gasteiger charge is -2.31. The van der Waals surface area contributed by atoms with Gasteiger partial charge in [-0.2, -0.15) is 4.98 Å². The van der Waals surface area contributed by atoms with Crippen LogP contribution in [0.1, 0.15) is 67.8 Å². The lowest BCUT2D eigenvalue weighted by molar-refractivity contribution is 0.0167. The second kappa shape index (κ2) is 9.78. The quantitative estimate of drug-likeness (QED) is 0.470. The van der Waals surface area contributed by atoms with Gasteiger partial charge in [0.1, 0.15) is 12.1 Å². The molecule has 1 N–H and O–H groups in total. The fourth-order valence-corrected chi connectivity index (χ4v) is 5.00. The van der Waals surface area contributed by atoms with Crippen molar-refractivity contribution in [3.8, 4) is 5.88 Å². The van der Waals surface area contributed by atoms with Gasteiger partial charge in [-0.15, -0.1) is 0 Å². The molecule has 1 fully saturated rings. The Kier molecular flexibility index (Phi) is 6.98. The predicted octanol–water partition coefficient (Wildman–Crippen LogP) is 5.83. The highest BCUT2D eigenvalue weighted by atomic mass is 19.3. The van der Waals surface area contributed by atoms with E-state index in [4.69, 9.17) is 4.74 Å². The van der Waals surface area contributed by atoms with E-state index in [2.05, 4.69) is 38.2 Å². The second-order valence-electron chi connectivity index (χ2n) is 9.16. The predicted molar refractivity (Wildman–Crippen MR) is 131 cm³/mol. The van der Waals surface area contributed by atoms with Gasteiger partial charge >= 0.3 is 0 Å². The number of pyridine rings is 1. The van der Waals surface area contributed by atoms with Crippen LogP contribution < -0.4 is 10.1 Å². The molecule has 1 aliphatic heterocycles. The molecule has 0 radical (unpaired) electrons. The van der Waals surface area contributed by atoms with Crippen molar-refractivity contribution in [2.45, 2.75) is 58.4 Å². The van der Waals surface area contributed by atoms with Gasteiger partial charge in [-0.05, 0) is 69.4 Å². The molecular weight excluding hydrogens is 436 g/mol. The van der Waals surface area contributed by atoms with Crippen molar-refractivity contribution in [3.63, 3.8) is 0 Å². The fraction of sp³-hybridized carbons (Fsp3) is 0.500. The number of ether oxygens (including phenoxy) is 1. The van der Waals surface area contributed by atoms with Gasteiger partial charge in [-0.25, -0.2) is 18.7 Å². The summed E-state index contributed by atoms with van der Waals surface area (Å²) in [6.07, 6.45) is 3.55. The van der Waals surface area contributed by atoms with Crippen LogP contribution in [0.4, 0.5) is 14.6 Å². The molecule has 1 atom stereocenters. The molecule has 0 aliphatic carbocycles. The Morgan fingerprint density at radius 3 is 2.62 bits per heavy atom. The lowest BCUT2D eigenvalue weighted by atomic mass is 9.89. The molecule has 2 aromatic heterocycles. The molecule has 0 amide bonds. The minimum Gasteiger partial charge on any atom is -0.481 e. The van der Waals surface area contributed by atoms with Crippen molar-refractivity contribution in [1.82, 2.24) is 19.9 Å².